The molecule has 0 aliphatic carbocycles. The lowest BCUT2D eigenvalue weighted by Crippen LogP contribution is -2.13. The van der Waals surface area contributed by atoms with Gasteiger partial charge in [0.1, 0.15) is 0 Å². The number of primary amides is 1. The molecule has 3 N–H and O–H groups in total. The first kappa shape index (κ1) is 14.8. The highest BCUT2D eigenvalue weighted by molar-refractivity contribution is 5.93. The Morgan fingerprint density at radius 3 is 2.39 bits per heavy atom. The zero-order valence-corrected chi connectivity index (χ0v) is 11.4. The van der Waals surface area contributed by atoms with E-state index in [9.17, 15) is 18.0 Å². The van der Waals surface area contributed by atoms with Crippen molar-refractivity contribution in [3.8, 4) is 0 Å². The maximum Gasteiger partial charge on any atom is 0.453 e. The van der Waals surface area contributed by atoms with Crippen molar-refractivity contribution in [2.45, 2.75) is 6.18 Å². The molecule has 2 aromatic heterocycles. The summed E-state index contributed by atoms with van der Waals surface area (Å²) in [6, 6.07) is 8.92. The summed E-state index contributed by atoms with van der Waals surface area (Å²) < 4.78 is 39.0. The molecular weight excluding hydrogens is 313 g/mol. The van der Waals surface area contributed by atoms with Crippen LogP contribution in [-0.4, -0.2) is 25.7 Å². The molecule has 0 aliphatic rings. The molecule has 0 unspecified atom stereocenters. The molecule has 0 radical (unpaired) electrons. The molecule has 1 aromatic carbocycles. The van der Waals surface area contributed by atoms with E-state index in [1.165, 1.54) is 24.3 Å². The first-order valence-electron chi connectivity index (χ1n) is 6.31. The van der Waals surface area contributed by atoms with Gasteiger partial charge in [-0.3, -0.25) is 4.79 Å². The number of nitrogens with one attached hydrogen (secondary N) is 1. The highest BCUT2D eigenvalue weighted by Gasteiger charge is 2.37. The van der Waals surface area contributed by atoms with Crippen molar-refractivity contribution in [3.63, 3.8) is 0 Å². The van der Waals surface area contributed by atoms with Gasteiger partial charge in [0.25, 0.3) is 5.82 Å². The predicted molar refractivity (Wildman–Crippen MR) is 74.0 cm³/mol. The first-order valence-corrected chi connectivity index (χ1v) is 6.31. The van der Waals surface area contributed by atoms with E-state index in [2.05, 4.69) is 20.6 Å². The van der Waals surface area contributed by atoms with Crippen LogP contribution < -0.4 is 11.1 Å². The van der Waals surface area contributed by atoms with Gasteiger partial charge < -0.3 is 11.1 Å². The average Bonchev–Trinajstić information content (AvgIpc) is 2.91. The SMILES string of the molecule is NC(=O)c1ccc(Nc2ccc3nnc(C(F)(F)F)n3n2)cc1. The van der Waals surface area contributed by atoms with E-state index in [0.717, 1.165) is 0 Å². The molecule has 7 nitrogen and oxygen atoms in total. The number of benzene rings is 1. The van der Waals surface area contributed by atoms with Crippen LogP contribution in [0.25, 0.3) is 5.65 Å². The van der Waals surface area contributed by atoms with Gasteiger partial charge in [0.05, 0.1) is 0 Å². The first-order chi connectivity index (χ1) is 10.8. The number of rotatable bonds is 3. The van der Waals surface area contributed by atoms with E-state index in [-0.39, 0.29) is 11.5 Å². The van der Waals surface area contributed by atoms with Crippen LogP contribution in [0.1, 0.15) is 16.2 Å². The molecule has 0 atom stereocenters. The number of nitrogens with zero attached hydrogens (tertiary/aromatic N) is 4. The van der Waals surface area contributed by atoms with Crippen LogP contribution in [0.15, 0.2) is 36.4 Å². The second kappa shape index (κ2) is 5.23. The lowest BCUT2D eigenvalue weighted by atomic mass is 10.2. The summed E-state index contributed by atoms with van der Waals surface area (Å²) >= 11 is 0. The minimum absolute atomic E-state index is 0.0213. The van der Waals surface area contributed by atoms with Crippen molar-refractivity contribution in [1.29, 1.82) is 0 Å². The molecule has 0 saturated carbocycles. The lowest BCUT2D eigenvalue weighted by Gasteiger charge is -2.07. The van der Waals surface area contributed by atoms with Crippen molar-refractivity contribution in [2.24, 2.45) is 5.73 Å². The number of carbonyl (C=O) groups excluding carboxylic acids is 1. The molecule has 1 amide bonds. The molecule has 0 spiro atoms. The molecule has 0 saturated heterocycles. The van der Waals surface area contributed by atoms with Gasteiger partial charge in [-0.25, -0.2) is 0 Å². The maximum atomic E-state index is 12.8. The Morgan fingerprint density at radius 1 is 1.09 bits per heavy atom. The normalized spacial score (nSPS) is 11.6. The van der Waals surface area contributed by atoms with Gasteiger partial charge in [-0.15, -0.1) is 15.3 Å². The van der Waals surface area contributed by atoms with E-state index in [1.54, 1.807) is 12.1 Å². The van der Waals surface area contributed by atoms with Crippen LogP contribution in [-0.2, 0) is 6.18 Å². The summed E-state index contributed by atoms with van der Waals surface area (Å²) in [5.74, 6) is -1.62. The molecule has 0 fully saturated rings. The molecule has 10 heteroatoms. The average molecular weight is 322 g/mol. The summed E-state index contributed by atoms with van der Waals surface area (Å²) in [5, 5.41) is 13.2. The minimum atomic E-state index is -4.66. The number of amides is 1. The van der Waals surface area contributed by atoms with Gasteiger partial charge in [0.2, 0.25) is 5.91 Å². The Hall–Kier alpha value is -3.17. The standard InChI is InChI=1S/C13H9F3N6O/c14-13(15,16)12-20-19-10-6-5-9(21-22(10)12)18-8-3-1-7(2-4-8)11(17)23/h1-6H,(H2,17,23)(H,18,21). The van der Waals surface area contributed by atoms with E-state index < -0.39 is 17.9 Å². The molecular formula is C13H9F3N6O. The van der Waals surface area contributed by atoms with Crippen LogP contribution in [0.5, 0.6) is 0 Å². The van der Waals surface area contributed by atoms with Gasteiger partial charge in [0, 0.05) is 11.3 Å². The number of anilines is 2. The summed E-state index contributed by atoms with van der Waals surface area (Å²) in [6.45, 7) is 0. The van der Waals surface area contributed by atoms with Crippen molar-refractivity contribution >= 4 is 23.1 Å². The summed E-state index contributed by atoms with van der Waals surface area (Å²) in [5.41, 5.74) is 5.96. The van der Waals surface area contributed by atoms with Gasteiger partial charge in [-0.1, -0.05) is 0 Å². The van der Waals surface area contributed by atoms with Gasteiger partial charge in [-0.2, -0.15) is 17.7 Å². The molecule has 3 aromatic rings. The van der Waals surface area contributed by atoms with Crippen molar-refractivity contribution < 1.29 is 18.0 Å². The predicted octanol–water partition coefficient (Wildman–Crippen LogP) is 1.99. The number of alkyl halides is 3. The molecule has 23 heavy (non-hydrogen) atoms. The fourth-order valence-corrected chi connectivity index (χ4v) is 1.90. The number of aromatic nitrogens is 4. The van der Waals surface area contributed by atoms with Crippen LogP contribution in [0.4, 0.5) is 24.7 Å². The minimum Gasteiger partial charge on any atom is -0.366 e. The van der Waals surface area contributed by atoms with Crippen molar-refractivity contribution in [2.75, 3.05) is 5.32 Å². The number of nitrogens with two attached hydrogens (primary N) is 1. The third kappa shape index (κ3) is 2.91. The molecule has 0 aliphatic heterocycles. The Bertz CT molecular complexity index is 872. The Kier molecular flexibility index (Phi) is 3.36. The Balaban J connectivity index is 1.92. The fraction of sp³-hybridized carbons (Fsp3) is 0.0769. The fourth-order valence-electron chi connectivity index (χ4n) is 1.90. The number of fused-ring (bicyclic) bond motifs is 1. The van der Waals surface area contributed by atoms with E-state index in [4.69, 9.17) is 5.73 Å². The van der Waals surface area contributed by atoms with E-state index >= 15 is 0 Å². The number of hydrogen-bond acceptors (Lipinski definition) is 5. The van der Waals surface area contributed by atoms with Gasteiger partial charge in [-0.05, 0) is 36.4 Å². The maximum absolute atomic E-state index is 12.8. The lowest BCUT2D eigenvalue weighted by molar-refractivity contribution is -0.146. The van der Waals surface area contributed by atoms with E-state index in [0.29, 0.717) is 15.8 Å². The van der Waals surface area contributed by atoms with Gasteiger partial charge >= 0.3 is 6.18 Å². The largest absolute Gasteiger partial charge is 0.453 e. The smallest absolute Gasteiger partial charge is 0.366 e. The zero-order valence-electron chi connectivity index (χ0n) is 11.4. The Labute approximate surface area is 126 Å². The van der Waals surface area contributed by atoms with Crippen LogP contribution >= 0.6 is 0 Å². The summed E-state index contributed by atoms with van der Waals surface area (Å²) in [7, 11) is 0. The molecule has 118 valence electrons. The van der Waals surface area contributed by atoms with Crippen LogP contribution in [0.3, 0.4) is 0 Å². The highest BCUT2D eigenvalue weighted by atomic mass is 19.4. The molecule has 3 rings (SSSR count). The number of carbonyl (C=O) groups is 1. The second-order valence-electron chi connectivity index (χ2n) is 4.58. The third-order valence-electron chi connectivity index (χ3n) is 2.96. The Morgan fingerprint density at radius 2 is 1.78 bits per heavy atom. The summed E-state index contributed by atoms with van der Waals surface area (Å²) in [6.07, 6.45) is -4.66. The quantitative estimate of drug-likeness (QED) is 0.768. The van der Waals surface area contributed by atoms with Crippen molar-refractivity contribution in [1.82, 2.24) is 19.8 Å². The topological polar surface area (TPSA) is 98.2 Å². The number of halogens is 3. The molecule has 2 heterocycles. The monoisotopic (exact) mass is 322 g/mol. The van der Waals surface area contributed by atoms with E-state index in [1.807, 2.05) is 0 Å². The number of hydrogen-bond donors (Lipinski definition) is 2. The van der Waals surface area contributed by atoms with Crippen LogP contribution in [0.2, 0.25) is 0 Å². The van der Waals surface area contributed by atoms with Crippen LogP contribution in [0, 0.1) is 0 Å². The zero-order chi connectivity index (χ0) is 16.6. The molecule has 0 bridgehead atoms. The second-order valence-corrected chi connectivity index (χ2v) is 4.58. The highest BCUT2D eigenvalue weighted by Crippen LogP contribution is 2.27. The van der Waals surface area contributed by atoms with Crippen molar-refractivity contribution in [3.05, 3.63) is 47.8 Å². The van der Waals surface area contributed by atoms with Gasteiger partial charge in [0.15, 0.2) is 11.5 Å². The third-order valence-corrected chi connectivity index (χ3v) is 2.96. The summed E-state index contributed by atoms with van der Waals surface area (Å²) in [4.78, 5) is 11.0.